The number of carbonyl (C=O) groups is 2. The molecular formula is C32H49N3O6. The number of benzene rings is 2. The zero-order valence-corrected chi connectivity index (χ0v) is 25.7. The highest BCUT2D eigenvalue weighted by Gasteiger charge is 2.40. The van der Waals surface area contributed by atoms with E-state index in [0.717, 1.165) is 55.5 Å². The molecule has 41 heavy (non-hydrogen) atoms. The van der Waals surface area contributed by atoms with Gasteiger partial charge in [-0.1, -0.05) is 63.8 Å². The summed E-state index contributed by atoms with van der Waals surface area (Å²) in [5.74, 6) is 1.49. The molecule has 9 nitrogen and oxygen atoms in total. The van der Waals surface area contributed by atoms with Gasteiger partial charge < -0.3 is 24.7 Å². The molecule has 0 aliphatic carbocycles. The summed E-state index contributed by atoms with van der Waals surface area (Å²) in [7, 11) is 6.24. The number of unbranched alkanes of at least 4 members (excludes halogenated alkanes) is 4. The zero-order chi connectivity index (χ0) is 30.3. The molecular weight excluding hydrogens is 522 g/mol. The van der Waals surface area contributed by atoms with Gasteiger partial charge in [-0.3, -0.25) is 14.3 Å². The van der Waals surface area contributed by atoms with Crippen molar-refractivity contribution < 1.29 is 28.4 Å². The fraction of sp³-hybridized carbons (Fsp3) is 0.562. The van der Waals surface area contributed by atoms with E-state index in [0.29, 0.717) is 36.8 Å². The molecule has 2 atom stereocenters. The molecule has 0 bridgehead atoms. The summed E-state index contributed by atoms with van der Waals surface area (Å²) in [5.41, 5.74) is 2.96. The molecule has 0 spiro atoms. The molecule has 3 rings (SSSR count). The Hall–Kier alpha value is -3.14. The Morgan fingerprint density at radius 2 is 1.59 bits per heavy atom. The van der Waals surface area contributed by atoms with Crippen LogP contribution in [0.25, 0.3) is 11.1 Å². The lowest BCUT2D eigenvalue weighted by atomic mass is 9.97. The van der Waals surface area contributed by atoms with Gasteiger partial charge in [-0.15, -0.1) is 0 Å². The van der Waals surface area contributed by atoms with Crippen LogP contribution in [0.3, 0.4) is 0 Å². The lowest BCUT2D eigenvalue weighted by Gasteiger charge is -2.46. The second-order valence-electron chi connectivity index (χ2n) is 10.5. The maximum absolute atomic E-state index is 12.9. The standard InChI is InChI=1S/C25H34N2O5.C7H15NO/c1-6-7-12-26-13-14-27(2,29)25(28)21(26)15-18-8-10-19(11-9-18)20-16-22(30-3)24(32-5)23(17-20)31-4;1-2-3-4-5-6-8-7-9/h8-11,16-17,21H,6-7,12-15H2,1-5H3;7H,2-6H2,1H3,(H,8,9). The van der Waals surface area contributed by atoms with E-state index in [2.05, 4.69) is 24.1 Å². The van der Waals surface area contributed by atoms with Gasteiger partial charge in [-0.2, -0.15) is 0 Å². The molecule has 1 saturated heterocycles. The Balaban J connectivity index is 0.000000564. The number of rotatable bonds is 15. The predicted molar refractivity (Wildman–Crippen MR) is 163 cm³/mol. The van der Waals surface area contributed by atoms with Crippen molar-refractivity contribution in [1.82, 2.24) is 10.2 Å². The van der Waals surface area contributed by atoms with Gasteiger partial charge >= 0.3 is 5.91 Å². The fourth-order valence-electron chi connectivity index (χ4n) is 4.92. The number of amides is 2. The van der Waals surface area contributed by atoms with Crippen molar-refractivity contribution in [3.05, 3.63) is 47.2 Å². The second kappa shape index (κ2) is 17.6. The summed E-state index contributed by atoms with van der Waals surface area (Å²) in [6, 6.07) is 11.5. The molecule has 2 unspecified atom stereocenters. The first kappa shape index (κ1) is 34.1. The van der Waals surface area contributed by atoms with Crippen molar-refractivity contribution in [2.24, 2.45) is 0 Å². The zero-order valence-electron chi connectivity index (χ0n) is 25.7. The summed E-state index contributed by atoms with van der Waals surface area (Å²) < 4.78 is 15.5. The number of hydrogen-bond acceptors (Lipinski definition) is 7. The van der Waals surface area contributed by atoms with Gasteiger partial charge in [-0.25, -0.2) is 4.79 Å². The maximum Gasteiger partial charge on any atom is 0.331 e. The fourth-order valence-corrected chi connectivity index (χ4v) is 4.92. The first-order valence-electron chi connectivity index (χ1n) is 14.7. The van der Waals surface area contributed by atoms with Crippen molar-refractivity contribution in [2.45, 2.75) is 64.8 Å². The van der Waals surface area contributed by atoms with Gasteiger partial charge in [-0.05, 0) is 48.2 Å². The first-order valence-corrected chi connectivity index (χ1v) is 14.7. The largest absolute Gasteiger partial charge is 0.625 e. The molecule has 228 valence electrons. The highest BCUT2D eigenvalue weighted by Crippen LogP contribution is 2.41. The molecule has 2 amide bonds. The molecule has 1 N–H and O–H groups in total. The molecule has 2 aromatic carbocycles. The highest BCUT2D eigenvalue weighted by atomic mass is 16.6. The van der Waals surface area contributed by atoms with E-state index >= 15 is 0 Å². The number of nitrogens with one attached hydrogen (secondary N) is 1. The van der Waals surface area contributed by atoms with Crippen molar-refractivity contribution in [2.75, 3.05) is 54.6 Å². The normalized spacial score (nSPS) is 18.7. The van der Waals surface area contributed by atoms with Crippen LogP contribution >= 0.6 is 0 Å². The van der Waals surface area contributed by atoms with Crippen LogP contribution in [0, 0.1) is 5.21 Å². The van der Waals surface area contributed by atoms with Crippen LogP contribution < -0.4 is 19.5 Å². The minimum Gasteiger partial charge on any atom is -0.625 e. The predicted octanol–water partition coefficient (Wildman–Crippen LogP) is 5.19. The summed E-state index contributed by atoms with van der Waals surface area (Å²) in [4.78, 5) is 24.8. The molecule has 0 saturated carbocycles. The second-order valence-corrected chi connectivity index (χ2v) is 10.5. The Kier molecular flexibility index (Phi) is 14.6. The Bertz CT molecular complexity index is 1050. The number of carbonyl (C=O) groups excluding carboxylic acids is 2. The van der Waals surface area contributed by atoms with Crippen LogP contribution in [-0.2, 0) is 16.0 Å². The summed E-state index contributed by atoms with van der Waals surface area (Å²) in [6.45, 7) is 6.96. The molecule has 0 aromatic heterocycles. The first-order chi connectivity index (χ1) is 19.8. The van der Waals surface area contributed by atoms with Crippen LogP contribution in [0.2, 0.25) is 0 Å². The van der Waals surface area contributed by atoms with E-state index in [1.807, 2.05) is 36.4 Å². The van der Waals surface area contributed by atoms with E-state index in [-0.39, 0.29) is 11.9 Å². The Morgan fingerprint density at radius 1 is 0.951 bits per heavy atom. The number of likely N-dealkylation sites (N-methyl/N-ethyl adjacent to an activating group) is 1. The van der Waals surface area contributed by atoms with E-state index in [1.54, 1.807) is 21.3 Å². The van der Waals surface area contributed by atoms with Crippen molar-refractivity contribution in [1.29, 1.82) is 0 Å². The highest BCUT2D eigenvalue weighted by molar-refractivity contribution is 5.77. The smallest absolute Gasteiger partial charge is 0.331 e. The maximum atomic E-state index is 12.9. The van der Waals surface area contributed by atoms with Gasteiger partial charge in [0.25, 0.3) is 0 Å². The Morgan fingerprint density at radius 3 is 2.12 bits per heavy atom. The lowest BCUT2D eigenvalue weighted by molar-refractivity contribution is -0.788. The quantitative estimate of drug-likeness (QED) is 0.136. The number of piperazine rings is 1. The summed E-state index contributed by atoms with van der Waals surface area (Å²) >= 11 is 0. The molecule has 1 aliphatic heterocycles. The van der Waals surface area contributed by atoms with Gasteiger partial charge in [0.15, 0.2) is 11.5 Å². The number of quaternary nitrogens is 1. The van der Waals surface area contributed by atoms with E-state index < -0.39 is 4.65 Å². The summed E-state index contributed by atoms with van der Waals surface area (Å²) in [6.07, 6.45) is 8.25. The molecule has 1 fully saturated rings. The average molecular weight is 572 g/mol. The minimum atomic E-state index is -0.795. The Labute approximate surface area is 245 Å². The van der Waals surface area contributed by atoms with Crippen LogP contribution in [0.5, 0.6) is 17.2 Å². The number of ether oxygens (including phenoxy) is 3. The number of methoxy groups -OCH3 is 3. The summed E-state index contributed by atoms with van der Waals surface area (Å²) in [5, 5.41) is 15.2. The molecule has 1 heterocycles. The van der Waals surface area contributed by atoms with Crippen molar-refractivity contribution >= 4 is 12.3 Å². The van der Waals surface area contributed by atoms with Gasteiger partial charge in [0.1, 0.15) is 6.04 Å². The van der Waals surface area contributed by atoms with Gasteiger partial charge in [0.2, 0.25) is 12.2 Å². The van der Waals surface area contributed by atoms with E-state index in [9.17, 15) is 14.8 Å². The van der Waals surface area contributed by atoms with E-state index in [4.69, 9.17) is 14.2 Å². The topological polar surface area (TPSA) is 100 Å². The van der Waals surface area contributed by atoms with Gasteiger partial charge in [0, 0.05) is 19.5 Å². The average Bonchev–Trinajstić information content (AvgIpc) is 2.99. The number of hydrogen-bond donors (Lipinski definition) is 1. The molecule has 1 aliphatic rings. The lowest BCUT2D eigenvalue weighted by Crippen LogP contribution is -2.63. The van der Waals surface area contributed by atoms with Crippen molar-refractivity contribution in [3.63, 3.8) is 0 Å². The SMILES string of the molecule is CCCCCCNC=O.CCCCN1CC[N+](C)([O-])C(=O)C1Cc1ccc(-c2cc(OC)c(OC)c(OC)c2)cc1. The van der Waals surface area contributed by atoms with Crippen LogP contribution in [0.15, 0.2) is 36.4 Å². The molecule has 2 aromatic rings. The van der Waals surface area contributed by atoms with Crippen LogP contribution in [0.1, 0.15) is 57.9 Å². The van der Waals surface area contributed by atoms with E-state index in [1.165, 1.54) is 26.3 Å². The molecule has 9 heteroatoms. The van der Waals surface area contributed by atoms with Gasteiger partial charge in [0.05, 0.1) is 34.9 Å². The third kappa shape index (κ3) is 10.0. The van der Waals surface area contributed by atoms with Crippen molar-refractivity contribution in [3.8, 4) is 28.4 Å². The van der Waals surface area contributed by atoms with Crippen LogP contribution in [-0.4, -0.2) is 82.5 Å². The monoisotopic (exact) mass is 571 g/mol. The number of hydroxylamine groups is 3. The van der Waals surface area contributed by atoms with Crippen LogP contribution in [0.4, 0.5) is 0 Å². The molecule has 0 radical (unpaired) electrons. The third-order valence-electron chi connectivity index (χ3n) is 7.44. The third-order valence-corrected chi connectivity index (χ3v) is 7.44. The number of nitrogens with zero attached hydrogens (tertiary/aromatic N) is 2. The minimum absolute atomic E-state index is 0.249.